The molecule has 1 aromatic rings. The number of aliphatic hydroxyl groups excluding tert-OH is 2. The number of ether oxygens (including phenoxy) is 1. The Morgan fingerprint density at radius 1 is 1.32 bits per heavy atom. The zero-order valence-electron chi connectivity index (χ0n) is 11.3. The van der Waals surface area contributed by atoms with Crippen LogP contribution in [0, 0.1) is 13.8 Å². The molecule has 106 valence electrons. The summed E-state index contributed by atoms with van der Waals surface area (Å²) in [7, 11) is 0. The van der Waals surface area contributed by atoms with Gasteiger partial charge in [0, 0.05) is 4.47 Å². The molecule has 1 rings (SSSR count). The quantitative estimate of drug-likeness (QED) is 0.813. The van der Waals surface area contributed by atoms with Gasteiger partial charge in [0.25, 0.3) is 0 Å². The maximum Gasteiger partial charge on any atom is 0.308 e. The van der Waals surface area contributed by atoms with E-state index in [4.69, 9.17) is 4.74 Å². The fourth-order valence-electron chi connectivity index (χ4n) is 2.08. The van der Waals surface area contributed by atoms with Crippen LogP contribution in [-0.4, -0.2) is 28.9 Å². The van der Waals surface area contributed by atoms with Crippen molar-refractivity contribution < 1.29 is 19.7 Å². The lowest BCUT2D eigenvalue weighted by molar-refractivity contribution is -0.147. The van der Waals surface area contributed by atoms with Crippen molar-refractivity contribution in [1.82, 2.24) is 0 Å². The SMILES string of the molecule is CCOC(=O)CC(O)C(O)c1c(C)cc(Br)cc1C. The van der Waals surface area contributed by atoms with E-state index in [1.807, 2.05) is 26.0 Å². The zero-order chi connectivity index (χ0) is 14.6. The van der Waals surface area contributed by atoms with Crippen molar-refractivity contribution in [3.63, 3.8) is 0 Å². The number of halogens is 1. The third-order valence-electron chi connectivity index (χ3n) is 2.90. The number of carbonyl (C=O) groups is 1. The van der Waals surface area contributed by atoms with Crippen molar-refractivity contribution in [2.24, 2.45) is 0 Å². The summed E-state index contributed by atoms with van der Waals surface area (Å²) in [5.41, 5.74) is 2.38. The minimum Gasteiger partial charge on any atom is -0.466 e. The van der Waals surface area contributed by atoms with E-state index in [1.54, 1.807) is 6.92 Å². The van der Waals surface area contributed by atoms with E-state index in [9.17, 15) is 15.0 Å². The second kappa shape index (κ2) is 7.03. The third-order valence-corrected chi connectivity index (χ3v) is 3.36. The Kier molecular flexibility index (Phi) is 5.97. The molecule has 0 aliphatic heterocycles. The Morgan fingerprint density at radius 3 is 2.32 bits per heavy atom. The third kappa shape index (κ3) is 4.30. The highest BCUT2D eigenvalue weighted by Crippen LogP contribution is 2.28. The first-order valence-electron chi connectivity index (χ1n) is 6.15. The lowest BCUT2D eigenvalue weighted by Crippen LogP contribution is -2.24. The Balaban J connectivity index is 2.88. The number of aryl methyl sites for hydroxylation is 2. The zero-order valence-corrected chi connectivity index (χ0v) is 12.9. The van der Waals surface area contributed by atoms with Crippen LogP contribution >= 0.6 is 15.9 Å². The van der Waals surface area contributed by atoms with E-state index in [0.29, 0.717) is 5.56 Å². The second-order valence-electron chi connectivity index (χ2n) is 4.47. The lowest BCUT2D eigenvalue weighted by Gasteiger charge is -2.21. The van der Waals surface area contributed by atoms with Gasteiger partial charge in [-0.15, -0.1) is 0 Å². The van der Waals surface area contributed by atoms with Crippen LogP contribution in [0.1, 0.15) is 36.1 Å². The molecule has 0 bridgehead atoms. The average molecular weight is 331 g/mol. The summed E-state index contributed by atoms with van der Waals surface area (Å²) in [6.45, 7) is 5.67. The van der Waals surface area contributed by atoms with Crippen LogP contribution < -0.4 is 0 Å². The number of benzene rings is 1. The first kappa shape index (κ1) is 16.1. The van der Waals surface area contributed by atoms with Crippen molar-refractivity contribution in [1.29, 1.82) is 0 Å². The molecular formula is C14H19BrO4. The van der Waals surface area contributed by atoms with Gasteiger partial charge in [0.05, 0.1) is 19.1 Å². The molecular weight excluding hydrogens is 312 g/mol. The number of rotatable bonds is 5. The molecule has 0 spiro atoms. The summed E-state index contributed by atoms with van der Waals surface area (Å²) in [5, 5.41) is 20.1. The molecule has 2 unspecified atom stereocenters. The molecule has 0 amide bonds. The van der Waals surface area contributed by atoms with Gasteiger partial charge in [-0.3, -0.25) is 4.79 Å². The predicted molar refractivity (Wildman–Crippen MR) is 75.8 cm³/mol. The number of hydrogen-bond acceptors (Lipinski definition) is 4. The van der Waals surface area contributed by atoms with Crippen molar-refractivity contribution in [3.05, 3.63) is 33.3 Å². The Morgan fingerprint density at radius 2 is 1.84 bits per heavy atom. The molecule has 0 heterocycles. The van der Waals surface area contributed by atoms with Gasteiger partial charge in [0.1, 0.15) is 6.10 Å². The standard InChI is InChI=1S/C14H19BrO4/c1-4-19-12(17)7-11(16)14(18)13-8(2)5-10(15)6-9(13)3/h5-6,11,14,16,18H,4,7H2,1-3H3. The van der Waals surface area contributed by atoms with Gasteiger partial charge in [0.2, 0.25) is 0 Å². The highest BCUT2D eigenvalue weighted by Gasteiger charge is 2.24. The van der Waals surface area contributed by atoms with Crippen LogP contribution in [0.5, 0.6) is 0 Å². The highest BCUT2D eigenvalue weighted by atomic mass is 79.9. The lowest BCUT2D eigenvalue weighted by atomic mass is 9.94. The summed E-state index contributed by atoms with van der Waals surface area (Å²) < 4.78 is 5.68. The molecule has 0 fully saturated rings. The normalized spacial score (nSPS) is 14.0. The van der Waals surface area contributed by atoms with E-state index >= 15 is 0 Å². The van der Waals surface area contributed by atoms with Crippen molar-refractivity contribution >= 4 is 21.9 Å². The number of aliphatic hydroxyl groups is 2. The molecule has 4 nitrogen and oxygen atoms in total. The molecule has 5 heteroatoms. The molecule has 1 aromatic carbocycles. The van der Waals surface area contributed by atoms with Gasteiger partial charge >= 0.3 is 5.97 Å². The van der Waals surface area contributed by atoms with E-state index in [0.717, 1.165) is 15.6 Å². The fraction of sp³-hybridized carbons (Fsp3) is 0.500. The maximum atomic E-state index is 11.3. The minimum atomic E-state index is -1.17. The molecule has 2 N–H and O–H groups in total. The molecule has 0 aliphatic carbocycles. The summed E-state index contributed by atoms with van der Waals surface area (Å²) in [5.74, 6) is -0.513. The number of esters is 1. The van der Waals surface area contributed by atoms with E-state index in [2.05, 4.69) is 15.9 Å². The van der Waals surface area contributed by atoms with E-state index < -0.39 is 18.2 Å². The predicted octanol–water partition coefficient (Wildman–Crippen LogP) is 2.41. The molecule has 0 radical (unpaired) electrons. The summed E-state index contributed by atoms with van der Waals surface area (Å²) >= 11 is 3.38. The minimum absolute atomic E-state index is 0.218. The van der Waals surface area contributed by atoms with E-state index in [1.165, 1.54) is 0 Å². The fourth-order valence-corrected chi connectivity index (χ4v) is 2.77. The number of hydrogen-bond donors (Lipinski definition) is 2. The molecule has 0 aromatic heterocycles. The van der Waals surface area contributed by atoms with Gasteiger partial charge in [-0.1, -0.05) is 15.9 Å². The van der Waals surface area contributed by atoms with Crippen LogP contribution in [0.3, 0.4) is 0 Å². The monoisotopic (exact) mass is 330 g/mol. The molecule has 0 saturated carbocycles. The van der Waals surface area contributed by atoms with Crippen LogP contribution in [0.15, 0.2) is 16.6 Å². The van der Waals surface area contributed by atoms with Crippen molar-refractivity contribution in [2.45, 2.75) is 39.4 Å². The topological polar surface area (TPSA) is 66.8 Å². The summed E-state index contributed by atoms with van der Waals surface area (Å²) in [4.78, 5) is 11.3. The summed E-state index contributed by atoms with van der Waals surface area (Å²) in [6, 6.07) is 3.73. The second-order valence-corrected chi connectivity index (χ2v) is 5.39. The van der Waals surface area contributed by atoms with Gasteiger partial charge in [-0.25, -0.2) is 0 Å². The highest BCUT2D eigenvalue weighted by molar-refractivity contribution is 9.10. The van der Waals surface area contributed by atoms with Crippen molar-refractivity contribution in [2.75, 3.05) is 6.61 Å². The maximum absolute atomic E-state index is 11.3. The first-order chi connectivity index (χ1) is 8.86. The number of carbonyl (C=O) groups excluding carboxylic acids is 1. The van der Waals surface area contributed by atoms with Crippen LogP contribution in [-0.2, 0) is 9.53 Å². The Hall–Kier alpha value is -0.910. The molecule has 2 atom stereocenters. The van der Waals surface area contributed by atoms with Gasteiger partial charge < -0.3 is 14.9 Å². The first-order valence-corrected chi connectivity index (χ1v) is 6.94. The van der Waals surface area contributed by atoms with Crippen molar-refractivity contribution in [3.8, 4) is 0 Å². The molecule has 19 heavy (non-hydrogen) atoms. The van der Waals surface area contributed by atoms with Crippen LogP contribution in [0.25, 0.3) is 0 Å². The van der Waals surface area contributed by atoms with E-state index in [-0.39, 0.29) is 13.0 Å². The largest absolute Gasteiger partial charge is 0.466 e. The smallest absolute Gasteiger partial charge is 0.308 e. The Labute approximate surface area is 121 Å². The van der Waals surface area contributed by atoms with Crippen LogP contribution in [0.4, 0.5) is 0 Å². The molecule has 0 saturated heterocycles. The van der Waals surface area contributed by atoms with Crippen LogP contribution in [0.2, 0.25) is 0 Å². The average Bonchev–Trinajstić information content (AvgIpc) is 2.27. The van der Waals surface area contributed by atoms with Gasteiger partial charge in [-0.2, -0.15) is 0 Å². The molecule has 0 aliphatic rings. The Bertz CT molecular complexity index is 436. The summed E-state index contributed by atoms with van der Waals surface area (Å²) in [6.07, 6.45) is -2.49. The van der Waals surface area contributed by atoms with Gasteiger partial charge in [-0.05, 0) is 49.6 Å². The van der Waals surface area contributed by atoms with Gasteiger partial charge in [0.15, 0.2) is 0 Å².